The quantitative estimate of drug-likeness (QED) is 0.614. The highest BCUT2D eigenvalue weighted by molar-refractivity contribution is 5.61. The third-order valence-electron chi connectivity index (χ3n) is 3.59. The van der Waals surface area contributed by atoms with Crippen molar-refractivity contribution in [3.05, 3.63) is 0 Å². The van der Waals surface area contributed by atoms with E-state index < -0.39 is 0 Å². The van der Waals surface area contributed by atoms with Gasteiger partial charge in [-0.2, -0.15) is 0 Å². The highest BCUT2D eigenvalue weighted by Crippen LogP contribution is 2.48. The Hall–Kier alpha value is -0.410. The molecule has 2 fully saturated rings. The van der Waals surface area contributed by atoms with Crippen LogP contribution in [0.15, 0.2) is 0 Å². The Morgan fingerprint density at radius 3 is 2.69 bits per heavy atom. The lowest BCUT2D eigenvalue weighted by molar-refractivity contribution is -0.128. The minimum atomic E-state index is -0.114. The van der Waals surface area contributed by atoms with Gasteiger partial charge in [0.1, 0.15) is 6.29 Å². The summed E-state index contributed by atoms with van der Waals surface area (Å²) in [6, 6.07) is 0. The number of hydrogen-bond donors (Lipinski definition) is 0. The van der Waals surface area contributed by atoms with Gasteiger partial charge in [-0.3, -0.25) is 0 Å². The summed E-state index contributed by atoms with van der Waals surface area (Å²) >= 11 is 0. The SMILES string of the molecule is COC1COCC1C1(C=O)CCC1. The molecule has 0 N–H and O–H groups in total. The number of rotatable bonds is 3. The van der Waals surface area contributed by atoms with E-state index >= 15 is 0 Å². The molecule has 0 aromatic rings. The first-order valence-electron chi connectivity index (χ1n) is 4.89. The van der Waals surface area contributed by atoms with Gasteiger partial charge in [-0.05, 0) is 12.8 Å². The van der Waals surface area contributed by atoms with Crippen molar-refractivity contribution >= 4 is 6.29 Å². The lowest BCUT2D eigenvalue weighted by atomic mass is 9.61. The fourth-order valence-electron chi connectivity index (χ4n) is 2.46. The molecule has 1 saturated carbocycles. The zero-order valence-electron chi connectivity index (χ0n) is 7.99. The van der Waals surface area contributed by atoms with Crippen LogP contribution in [0.4, 0.5) is 0 Å². The molecular formula is C10H16O3. The Kier molecular flexibility index (Phi) is 2.39. The van der Waals surface area contributed by atoms with Crippen molar-refractivity contribution in [1.82, 2.24) is 0 Å². The molecule has 1 heterocycles. The average Bonchev–Trinajstić information content (AvgIpc) is 2.52. The zero-order valence-corrected chi connectivity index (χ0v) is 7.99. The zero-order chi connectivity index (χ0) is 9.31. The first kappa shape index (κ1) is 9.16. The molecule has 1 aliphatic heterocycles. The van der Waals surface area contributed by atoms with E-state index in [2.05, 4.69) is 0 Å². The summed E-state index contributed by atoms with van der Waals surface area (Å²) in [5.41, 5.74) is -0.114. The van der Waals surface area contributed by atoms with Crippen LogP contribution < -0.4 is 0 Å². The maximum absolute atomic E-state index is 11.0. The Morgan fingerprint density at radius 1 is 1.46 bits per heavy atom. The number of carbonyl (C=O) groups is 1. The summed E-state index contributed by atoms with van der Waals surface area (Å²) in [6.07, 6.45) is 4.47. The summed E-state index contributed by atoms with van der Waals surface area (Å²) in [4.78, 5) is 11.0. The van der Waals surface area contributed by atoms with Crippen molar-refractivity contribution in [2.24, 2.45) is 11.3 Å². The third kappa shape index (κ3) is 1.30. The van der Waals surface area contributed by atoms with Crippen molar-refractivity contribution < 1.29 is 14.3 Å². The fourth-order valence-corrected chi connectivity index (χ4v) is 2.46. The largest absolute Gasteiger partial charge is 0.379 e. The van der Waals surface area contributed by atoms with Gasteiger partial charge in [0.2, 0.25) is 0 Å². The van der Waals surface area contributed by atoms with Crippen LogP contribution in [-0.4, -0.2) is 32.7 Å². The van der Waals surface area contributed by atoms with Gasteiger partial charge in [0.15, 0.2) is 0 Å². The minimum absolute atomic E-state index is 0.114. The smallest absolute Gasteiger partial charge is 0.126 e. The van der Waals surface area contributed by atoms with Crippen LogP contribution in [0.2, 0.25) is 0 Å². The van der Waals surface area contributed by atoms with E-state index in [1.54, 1.807) is 7.11 Å². The first-order valence-corrected chi connectivity index (χ1v) is 4.89. The summed E-state index contributed by atoms with van der Waals surface area (Å²) in [7, 11) is 1.70. The molecule has 2 aliphatic rings. The van der Waals surface area contributed by atoms with Crippen LogP contribution in [0, 0.1) is 11.3 Å². The number of hydrogen-bond acceptors (Lipinski definition) is 3. The number of aldehydes is 1. The molecule has 0 aromatic carbocycles. The molecule has 13 heavy (non-hydrogen) atoms. The Balaban J connectivity index is 2.09. The van der Waals surface area contributed by atoms with Gasteiger partial charge < -0.3 is 14.3 Å². The molecule has 74 valence electrons. The average molecular weight is 184 g/mol. The van der Waals surface area contributed by atoms with Crippen molar-refractivity contribution in [2.75, 3.05) is 20.3 Å². The number of methoxy groups -OCH3 is 1. The van der Waals surface area contributed by atoms with E-state index in [9.17, 15) is 4.79 Å². The molecule has 1 saturated heterocycles. The molecule has 0 aromatic heterocycles. The van der Waals surface area contributed by atoms with Crippen LogP contribution in [0.1, 0.15) is 19.3 Å². The number of carbonyl (C=O) groups excluding carboxylic acids is 1. The van der Waals surface area contributed by atoms with Gasteiger partial charge in [0.05, 0.1) is 19.3 Å². The summed E-state index contributed by atoms with van der Waals surface area (Å²) in [5.74, 6) is 0.295. The lowest BCUT2D eigenvalue weighted by Gasteiger charge is -2.42. The first-order chi connectivity index (χ1) is 6.32. The van der Waals surface area contributed by atoms with Crippen LogP contribution in [0.25, 0.3) is 0 Å². The minimum Gasteiger partial charge on any atom is -0.379 e. The fraction of sp³-hybridized carbons (Fsp3) is 0.900. The second-order valence-corrected chi connectivity index (χ2v) is 4.12. The number of ether oxygens (including phenoxy) is 2. The van der Waals surface area contributed by atoms with Gasteiger partial charge in [0, 0.05) is 18.4 Å². The van der Waals surface area contributed by atoms with Crippen molar-refractivity contribution in [2.45, 2.75) is 25.4 Å². The molecule has 0 spiro atoms. The maximum Gasteiger partial charge on any atom is 0.126 e. The predicted octanol–water partition coefficient (Wildman–Crippen LogP) is 1.02. The second kappa shape index (κ2) is 3.39. The van der Waals surface area contributed by atoms with Gasteiger partial charge >= 0.3 is 0 Å². The molecule has 1 aliphatic carbocycles. The normalized spacial score (nSPS) is 37.0. The Bertz CT molecular complexity index is 198. The van der Waals surface area contributed by atoms with E-state index in [1.165, 1.54) is 6.42 Å². The highest BCUT2D eigenvalue weighted by atomic mass is 16.5. The van der Waals surface area contributed by atoms with Crippen molar-refractivity contribution in [3.63, 3.8) is 0 Å². The molecular weight excluding hydrogens is 168 g/mol. The second-order valence-electron chi connectivity index (χ2n) is 4.12. The molecule has 2 atom stereocenters. The standard InChI is InChI=1S/C10H16O3/c1-12-9-6-13-5-8(9)10(7-11)3-2-4-10/h7-9H,2-6H2,1H3. The molecule has 0 amide bonds. The van der Waals surface area contributed by atoms with E-state index in [4.69, 9.17) is 9.47 Å². The lowest BCUT2D eigenvalue weighted by Crippen LogP contribution is -2.44. The van der Waals surface area contributed by atoms with Crippen molar-refractivity contribution in [3.8, 4) is 0 Å². The molecule has 3 nitrogen and oxygen atoms in total. The van der Waals surface area contributed by atoms with Crippen LogP contribution in [0.3, 0.4) is 0 Å². The van der Waals surface area contributed by atoms with E-state index in [0.717, 1.165) is 19.1 Å². The van der Waals surface area contributed by atoms with E-state index in [-0.39, 0.29) is 11.5 Å². The van der Waals surface area contributed by atoms with E-state index in [0.29, 0.717) is 19.1 Å². The topological polar surface area (TPSA) is 35.5 Å². The van der Waals surface area contributed by atoms with Gasteiger partial charge in [0.25, 0.3) is 0 Å². The molecule has 2 rings (SSSR count). The maximum atomic E-state index is 11.0. The van der Waals surface area contributed by atoms with Gasteiger partial charge in [-0.1, -0.05) is 6.42 Å². The van der Waals surface area contributed by atoms with Gasteiger partial charge in [-0.15, -0.1) is 0 Å². The van der Waals surface area contributed by atoms with Crippen LogP contribution in [-0.2, 0) is 14.3 Å². The molecule has 0 radical (unpaired) electrons. The van der Waals surface area contributed by atoms with Crippen LogP contribution in [0.5, 0.6) is 0 Å². The summed E-state index contributed by atoms with van der Waals surface area (Å²) in [6.45, 7) is 1.34. The Morgan fingerprint density at radius 2 is 2.23 bits per heavy atom. The predicted molar refractivity (Wildman–Crippen MR) is 47.5 cm³/mol. The summed E-state index contributed by atoms with van der Waals surface area (Å²) < 4.78 is 10.7. The highest BCUT2D eigenvalue weighted by Gasteiger charge is 2.49. The molecule has 0 bridgehead atoms. The monoisotopic (exact) mass is 184 g/mol. The Labute approximate surface area is 78.4 Å². The molecule has 2 unspecified atom stereocenters. The molecule has 3 heteroatoms. The summed E-state index contributed by atoms with van der Waals surface area (Å²) in [5, 5.41) is 0. The van der Waals surface area contributed by atoms with Crippen LogP contribution >= 0.6 is 0 Å². The van der Waals surface area contributed by atoms with Gasteiger partial charge in [-0.25, -0.2) is 0 Å². The third-order valence-corrected chi connectivity index (χ3v) is 3.59. The van der Waals surface area contributed by atoms with E-state index in [1.807, 2.05) is 0 Å². The van der Waals surface area contributed by atoms with Crippen molar-refractivity contribution in [1.29, 1.82) is 0 Å².